The van der Waals surface area contributed by atoms with Crippen LogP contribution in [0.4, 0.5) is 0 Å². The molecule has 0 aromatic heterocycles. The molecule has 3 nitrogen and oxygen atoms in total. The average molecular weight is 316 g/mol. The molecule has 2 N–H and O–H groups in total. The second-order valence-corrected chi connectivity index (χ2v) is 5.75. The summed E-state index contributed by atoms with van der Waals surface area (Å²) in [5.74, 6) is 2.08. The molecule has 1 atom stereocenters. The van der Waals surface area contributed by atoms with Gasteiger partial charge in [-0.05, 0) is 36.5 Å². The lowest BCUT2D eigenvalue weighted by atomic mass is 9.98. The lowest BCUT2D eigenvalue weighted by Gasteiger charge is -2.17. The van der Waals surface area contributed by atoms with E-state index in [9.17, 15) is 0 Å². The summed E-state index contributed by atoms with van der Waals surface area (Å²) in [6.07, 6.45) is 1.85. The standard InChI is InChI=1S/C14H22BrNO2/c1-9(2)5-11(16)6-10-7-13(17-3)14(18-4)8-12(10)15/h7-9,11H,5-6,16H2,1-4H3. The maximum Gasteiger partial charge on any atom is 0.161 e. The van der Waals surface area contributed by atoms with Gasteiger partial charge in [-0.1, -0.05) is 29.8 Å². The molecule has 0 amide bonds. The van der Waals surface area contributed by atoms with Gasteiger partial charge in [0.25, 0.3) is 0 Å². The summed E-state index contributed by atoms with van der Waals surface area (Å²) in [5, 5.41) is 0. The Morgan fingerprint density at radius 3 is 2.22 bits per heavy atom. The molecule has 0 spiro atoms. The number of hydrogen-bond acceptors (Lipinski definition) is 3. The maximum absolute atomic E-state index is 6.14. The molecule has 0 saturated carbocycles. The summed E-state index contributed by atoms with van der Waals surface area (Å²) in [6.45, 7) is 4.37. The van der Waals surface area contributed by atoms with E-state index in [-0.39, 0.29) is 6.04 Å². The van der Waals surface area contributed by atoms with Gasteiger partial charge in [-0.3, -0.25) is 0 Å². The summed E-state index contributed by atoms with van der Waals surface area (Å²) in [5.41, 5.74) is 7.30. The van der Waals surface area contributed by atoms with Gasteiger partial charge < -0.3 is 15.2 Å². The molecule has 0 radical (unpaired) electrons. The number of nitrogens with two attached hydrogens (primary N) is 1. The lowest BCUT2D eigenvalue weighted by molar-refractivity contribution is 0.354. The molecule has 1 aromatic rings. The minimum absolute atomic E-state index is 0.166. The quantitative estimate of drug-likeness (QED) is 0.875. The van der Waals surface area contributed by atoms with Crippen molar-refractivity contribution in [3.63, 3.8) is 0 Å². The number of ether oxygens (including phenoxy) is 2. The van der Waals surface area contributed by atoms with Crippen LogP contribution in [0, 0.1) is 5.92 Å². The van der Waals surface area contributed by atoms with E-state index >= 15 is 0 Å². The van der Waals surface area contributed by atoms with Crippen LogP contribution in [0.5, 0.6) is 11.5 Å². The van der Waals surface area contributed by atoms with Gasteiger partial charge in [0.15, 0.2) is 11.5 Å². The summed E-state index contributed by atoms with van der Waals surface area (Å²) >= 11 is 3.55. The predicted octanol–water partition coefficient (Wildman–Crippen LogP) is 3.38. The van der Waals surface area contributed by atoms with Crippen molar-refractivity contribution in [2.24, 2.45) is 11.7 Å². The summed E-state index contributed by atoms with van der Waals surface area (Å²) < 4.78 is 11.6. The Hall–Kier alpha value is -0.740. The fourth-order valence-corrected chi connectivity index (χ4v) is 2.51. The first-order chi connectivity index (χ1) is 8.47. The smallest absolute Gasteiger partial charge is 0.161 e. The Balaban J connectivity index is 2.89. The minimum atomic E-state index is 0.166. The van der Waals surface area contributed by atoms with Crippen LogP contribution in [0.2, 0.25) is 0 Å². The zero-order valence-electron chi connectivity index (χ0n) is 11.5. The number of rotatable bonds is 6. The first-order valence-corrected chi connectivity index (χ1v) is 6.93. The summed E-state index contributed by atoms with van der Waals surface area (Å²) in [7, 11) is 3.28. The van der Waals surface area contributed by atoms with E-state index in [1.165, 1.54) is 0 Å². The Labute approximate surface area is 118 Å². The monoisotopic (exact) mass is 315 g/mol. The van der Waals surface area contributed by atoms with E-state index in [0.717, 1.165) is 34.4 Å². The van der Waals surface area contributed by atoms with Crippen molar-refractivity contribution >= 4 is 15.9 Å². The van der Waals surface area contributed by atoms with Crippen LogP contribution in [0.25, 0.3) is 0 Å². The Morgan fingerprint density at radius 2 is 1.72 bits per heavy atom. The molecule has 102 valence electrons. The first kappa shape index (κ1) is 15.3. The van der Waals surface area contributed by atoms with Crippen molar-refractivity contribution in [1.29, 1.82) is 0 Å². The fourth-order valence-electron chi connectivity index (χ4n) is 2.02. The number of hydrogen-bond donors (Lipinski definition) is 1. The molecule has 4 heteroatoms. The van der Waals surface area contributed by atoms with Gasteiger partial charge in [-0.25, -0.2) is 0 Å². The van der Waals surface area contributed by atoms with Crippen LogP contribution in [-0.2, 0) is 6.42 Å². The van der Waals surface area contributed by atoms with Crippen molar-refractivity contribution in [3.05, 3.63) is 22.2 Å². The normalized spacial score (nSPS) is 12.6. The number of benzene rings is 1. The van der Waals surface area contributed by atoms with Crippen LogP contribution in [0.3, 0.4) is 0 Å². The van der Waals surface area contributed by atoms with Gasteiger partial charge in [-0.2, -0.15) is 0 Å². The summed E-state index contributed by atoms with van der Waals surface area (Å²) in [4.78, 5) is 0. The van der Waals surface area contributed by atoms with E-state index in [1.807, 2.05) is 12.1 Å². The van der Waals surface area contributed by atoms with Gasteiger partial charge >= 0.3 is 0 Å². The molecule has 1 unspecified atom stereocenters. The molecule has 0 aliphatic rings. The highest BCUT2D eigenvalue weighted by molar-refractivity contribution is 9.10. The number of halogens is 1. The van der Waals surface area contributed by atoms with E-state index < -0.39 is 0 Å². The second-order valence-electron chi connectivity index (χ2n) is 4.89. The molecule has 0 aliphatic carbocycles. The SMILES string of the molecule is COc1cc(Br)c(CC(N)CC(C)C)cc1OC. The third-order valence-electron chi connectivity index (χ3n) is 2.81. The molecule has 0 fully saturated rings. The van der Waals surface area contributed by atoms with Gasteiger partial charge in [0.1, 0.15) is 0 Å². The van der Waals surface area contributed by atoms with Crippen LogP contribution < -0.4 is 15.2 Å². The Bertz CT molecular complexity index is 394. The van der Waals surface area contributed by atoms with Crippen LogP contribution in [0.15, 0.2) is 16.6 Å². The number of methoxy groups -OCH3 is 2. The molecule has 1 aromatic carbocycles. The molecule has 0 bridgehead atoms. The van der Waals surface area contributed by atoms with Crippen molar-refractivity contribution in [2.75, 3.05) is 14.2 Å². The van der Waals surface area contributed by atoms with Crippen LogP contribution >= 0.6 is 15.9 Å². The van der Waals surface area contributed by atoms with E-state index in [1.54, 1.807) is 14.2 Å². The van der Waals surface area contributed by atoms with Gasteiger partial charge in [0, 0.05) is 10.5 Å². The van der Waals surface area contributed by atoms with E-state index in [2.05, 4.69) is 29.8 Å². The van der Waals surface area contributed by atoms with Crippen molar-refractivity contribution < 1.29 is 9.47 Å². The third-order valence-corrected chi connectivity index (χ3v) is 3.55. The molecule has 0 aliphatic heterocycles. The van der Waals surface area contributed by atoms with Crippen LogP contribution in [0.1, 0.15) is 25.8 Å². The molecule has 18 heavy (non-hydrogen) atoms. The minimum Gasteiger partial charge on any atom is -0.493 e. The lowest BCUT2D eigenvalue weighted by Crippen LogP contribution is -2.24. The third kappa shape index (κ3) is 4.18. The largest absolute Gasteiger partial charge is 0.493 e. The molecule has 0 heterocycles. The zero-order valence-corrected chi connectivity index (χ0v) is 13.1. The topological polar surface area (TPSA) is 44.5 Å². The molecule has 0 saturated heterocycles. The maximum atomic E-state index is 6.14. The fraction of sp³-hybridized carbons (Fsp3) is 0.571. The highest BCUT2D eigenvalue weighted by Crippen LogP contribution is 2.33. The van der Waals surface area contributed by atoms with Gasteiger partial charge in [0.05, 0.1) is 14.2 Å². The van der Waals surface area contributed by atoms with E-state index in [4.69, 9.17) is 15.2 Å². The molecular formula is C14H22BrNO2. The van der Waals surface area contributed by atoms with E-state index in [0.29, 0.717) is 5.92 Å². The summed E-state index contributed by atoms with van der Waals surface area (Å²) in [6, 6.07) is 4.08. The second kappa shape index (κ2) is 7.00. The van der Waals surface area contributed by atoms with Crippen molar-refractivity contribution in [3.8, 4) is 11.5 Å². The zero-order chi connectivity index (χ0) is 13.7. The highest BCUT2D eigenvalue weighted by atomic mass is 79.9. The Kier molecular flexibility index (Phi) is 5.96. The first-order valence-electron chi connectivity index (χ1n) is 6.13. The molecular weight excluding hydrogens is 294 g/mol. The van der Waals surface area contributed by atoms with Crippen molar-refractivity contribution in [1.82, 2.24) is 0 Å². The predicted molar refractivity (Wildman–Crippen MR) is 78.4 cm³/mol. The van der Waals surface area contributed by atoms with Crippen molar-refractivity contribution in [2.45, 2.75) is 32.7 Å². The highest BCUT2D eigenvalue weighted by Gasteiger charge is 2.13. The average Bonchev–Trinajstić information content (AvgIpc) is 2.30. The van der Waals surface area contributed by atoms with Gasteiger partial charge in [0.2, 0.25) is 0 Å². The molecule has 1 rings (SSSR count). The van der Waals surface area contributed by atoms with Gasteiger partial charge in [-0.15, -0.1) is 0 Å². The van der Waals surface area contributed by atoms with Crippen LogP contribution in [-0.4, -0.2) is 20.3 Å². The Morgan fingerprint density at radius 1 is 1.17 bits per heavy atom.